The summed E-state index contributed by atoms with van der Waals surface area (Å²) in [5, 5.41) is 31.6. The van der Waals surface area contributed by atoms with Gasteiger partial charge in [-0.3, -0.25) is 20.2 Å². The lowest BCUT2D eigenvalue weighted by Crippen LogP contribution is -2.10. The third-order valence-electron chi connectivity index (χ3n) is 2.99. The van der Waals surface area contributed by atoms with Crippen LogP contribution in [0.2, 0.25) is 5.02 Å². The van der Waals surface area contributed by atoms with E-state index < -0.39 is 16.0 Å². The summed E-state index contributed by atoms with van der Waals surface area (Å²) in [6.45, 7) is -0.262. The summed E-state index contributed by atoms with van der Waals surface area (Å²) >= 11 is 5.88. The van der Waals surface area contributed by atoms with Crippen LogP contribution in [0.5, 0.6) is 5.75 Å². The highest BCUT2D eigenvalue weighted by molar-refractivity contribution is 6.32. The van der Waals surface area contributed by atoms with Crippen molar-refractivity contribution in [1.29, 1.82) is 0 Å². The second-order valence-electron chi connectivity index (χ2n) is 4.55. The van der Waals surface area contributed by atoms with Crippen molar-refractivity contribution in [1.82, 2.24) is 0 Å². The molecule has 0 heterocycles. The van der Waals surface area contributed by atoms with Crippen LogP contribution >= 0.6 is 11.6 Å². The van der Waals surface area contributed by atoms with Crippen LogP contribution in [0.1, 0.15) is 11.7 Å². The van der Waals surface area contributed by atoms with Crippen molar-refractivity contribution in [3.05, 3.63) is 73.3 Å². The number of hydrogen-bond donors (Lipinski definition) is 1. The number of rotatable bonds is 6. The molecular weight excluding hydrogens is 328 g/mol. The molecule has 0 saturated carbocycles. The maximum absolute atomic E-state index is 10.7. The zero-order chi connectivity index (χ0) is 17.0. The lowest BCUT2D eigenvalue weighted by atomic mass is 10.1. The quantitative estimate of drug-likeness (QED) is 0.638. The van der Waals surface area contributed by atoms with E-state index in [1.165, 1.54) is 36.4 Å². The molecule has 0 fully saturated rings. The van der Waals surface area contributed by atoms with Gasteiger partial charge in [-0.1, -0.05) is 23.7 Å². The molecule has 0 amide bonds. The molecule has 0 bridgehead atoms. The predicted octanol–water partition coefficient (Wildman–Crippen LogP) is 3.27. The van der Waals surface area contributed by atoms with E-state index in [2.05, 4.69) is 0 Å². The van der Waals surface area contributed by atoms with Crippen LogP contribution in [0.15, 0.2) is 42.5 Å². The van der Waals surface area contributed by atoms with Crippen LogP contribution < -0.4 is 4.74 Å². The fraction of sp³-hybridized carbons (Fsp3) is 0.143. The Balaban J connectivity index is 2.11. The van der Waals surface area contributed by atoms with E-state index in [-0.39, 0.29) is 28.8 Å². The van der Waals surface area contributed by atoms with E-state index in [1.54, 1.807) is 0 Å². The minimum atomic E-state index is -1.15. The van der Waals surface area contributed by atoms with E-state index in [9.17, 15) is 25.3 Å². The van der Waals surface area contributed by atoms with Crippen molar-refractivity contribution >= 4 is 23.0 Å². The molecule has 1 N–H and O–H groups in total. The van der Waals surface area contributed by atoms with Crippen LogP contribution in [-0.4, -0.2) is 21.6 Å². The smallest absolute Gasteiger partial charge is 0.273 e. The third-order valence-corrected chi connectivity index (χ3v) is 3.30. The zero-order valence-corrected chi connectivity index (χ0v) is 12.3. The molecule has 0 spiro atoms. The molecule has 0 aliphatic heterocycles. The number of benzene rings is 2. The molecule has 8 nitrogen and oxygen atoms in total. The third kappa shape index (κ3) is 4.15. The highest BCUT2D eigenvalue weighted by Crippen LogP contribution is 2.30. The summed E-state index contributed by atoms with van der Waals surface area (Å²) in [6, 6.07) is 9.16. The van der Waals surface area contributed by atoms with Crippen molar-refractivity contribution in [2.24, 2.45) is 0 Å². The number of hydrogen-bond acceptors (Lipinski definition) is 6. The minimum absolute atomic E-state index is 0.0466. The van der Waals surface area contributed by atoms with Crippen LogP contribution in [0.25, 0.3) is 0 Å². The number of nitro groups is 2. The Labute approximate surface area is 135 Å². The molecule has 0 aliphatic carbocycles. The lowest BCUT2D eigenvalue weighted by Gasteiger charge is -2.13. The molecule has 0 aliphatic rings. The fourth-order valence-corrected chi connectivity index (χ4v) is 2.00. The fourth-order valence-electron chi connectivity index (χ4n) is 1.83. The van der Waals surface area contributed by atoms with Gasteiger partial charge < -0.3 is 9.84 Å². The Hall–Kier alpha value is -2.71. The van der Waals surface area contributed by atoms with Gasteiger partial charge in [0, 0.05) is 18.2 Å². The standard InChI is InChI=1S/C14H11ClN2O6/c15-12-5-4-11(17(21)22)7-14(12)23-8-13(18)9-2-1-3-10(6-9)16(19)20/h1-7,13,18H,8H2. The van der Waals surface area contributed by atoms with Crippen molar-refractivity contribution < 1.29 is 19.7 Å². The van der Waals surface area contributed by atoms with Crippen molar-refractivity contribution in [2.75, 3.05) is 6.61 Å². The first-order valence-corrected chi connectivity index (χ1v) is 6.75. The summed E-state index contributed by atoms with van der Waals surface area (Å²) < 4.78 is 5.29. The summed E-state index contributed by atoms with van der Waals surface area (Å²) in [5.74, 6) is 0.0466. The van der Waals surface area contributed by atoms with Gasteiger partial charge in [0.15, 0.2) is 0 Å². The van der Waals surface area contributed by atoms with E-state index >= 15 is 0 Å². The van der Waals surface area contributed by atoms with Gasteiger partial charge in [0.1, 0.15) is 18.5 Å². The zero-order valence-electron chi connectivity index (χ0n) is 11.6. The van der Waals surface area contributed by atoms with Gasteiger partial charge in [-0.15, -0.1) is 0 Å². The first kappa shape index (κ1) is 16.7. The first-order chi connectivity index (χ1) is 10.9. The summed E-state index contributed by atoms with van der Waals surface area (Å²) in [7, 11) is 0. The van der Waals surface area contributed by atoms with Crippen LogP contribution in [-0.2, 0) is 0 Å². The van der Waals surface area contributed by atoms with Crippen LogP contribution in [0.3, 0.4) is 0 Å². The van der Waals surface area contributed by atoms with Gasteiger partial charge in [-0.2, -0.15) is 0 Å². The van der Waals surface area contributed by atoms with Crippen LogP contribution in [0, 0.1) is 20.2 Å². The monoisotopic (exact) mass is 338 g/mol. The maximum atomic E-state index is 10.7. The normalized spacial score (nSPS) is 11.7. The Morgan fingerprint density at radius 3 is 2.39 bits per heavy atom. The summed E-state index contributed by atoms with van der Waals surface area (Å²) in [5.41, 5.74) is -0.0649. The predicted molar refractivity (Wildman–Crippen MR) is 81.7 cm³/mol. The molecule has 9 heteroatoms. The summed E-state index contributed by atoms with van der Waals surface area (Å²) in [6.07, 6.45) is -1.15. The average Bonchev–Trinajstić information content (AvgIpc) is 2.53. The van der Waals surface area contributed by atoms with Crippen molar-refractivity contribution in [2.45, 2.75) is 6.10 Å². The molecule has 23 heavy (non-hydrogen) atoms. The topological polar surface area (TPSA) is 116 Å². The maximum Gasteiger partial charge on any atom is 0.273 e. The van der Waals surface area contributed by atoms with Crippen molar-refractivity contribution in [3.8, 4) is 5.75 Å². The van der Waals surface area contributed by atoms with E-state index in [0.717, 1.165) is 6.07 Å². The molecule has 0 saturated heterocycles. The molecule has 120 valence electrons. The van der Waals surface area contributed by atoms with Gasteiger partial charge in [-0.25, -0.2) is 0 Å². The SMILES string of the molecule is O=[N+]([O-])c1cccc(C(O)COc2cc([N+](=O)[O-])ccc2Cl)c1. The molecule has 0 aromatic heterocycles. The lowest BCUT2D eigenvalue weighted by molar-refractivity contribution is -0.385. The number of nitro benzene ring substituents is 2. The number of halogens is 1. The van der Waals surface area contributed by atoms with Gasteiger partial charge in [0.05, 0.1) is 20.9 Å². The number of aliphatic hydroxyl groups excluding tert-OH is 1. The van der Waals surface area contributed by atoms with Crippen molar-refractivity contribution in [3.63, 3.8) is 0 Å². The van der Waals surface area contributed by atoms with E-state index in [0.29, 0.717) is 5.56 Å². The second-order valence-corrected chi connectivity index (χ2v) is 4.96. The summed E-state index contributed by atoms with van der Waals surface area (Å²) in [4.78, 5) is 20.3. The second kappa shape index (κ2) is 7.03. The molecular formula is C14H11ClN2O6. The number of aliphatic hydroxyl groups is 1. The number of nitrogens with zero attached hydrogens (tertiary/aromatic N) is 2. The van der Waals surface area contributed by atoms with Gasteiger partial charge in [0.2, 0.25) is 0 Å². The molecule has 2 rings (SSSR count). The van der Waals surface area contributed by atoms with E-state index in [1.807, 2.05) is 0 Å². The van der Waals surface area contributed by atoms with Gasteiger partial charge in [0.25, 0.3) is 11.4 Å². The Morgan fingerprint density at radius 1 is 1.09 bits per heavy atom. The number of ether oxygens (including phenoxy) is 1. The Kier molecular flexibility index (Phi) is 5.09. The highest BCUT2D eigenvalue weighted by atomic mass is 35.5. The molecule has 1 unspecified atom stereocenters. The first-order valence-electron chi connectivity index (χ1n) is 6.37. The van der Waals surface area contributed by atoms with Gasteiger partial charge in [-0.05, 0) is 11.6 Å². The molecule has 1 atom stereocenters. The number of non-ortho nitro benzene ring substituents is 2. The average molecular weight is 339 g/mol. The largest absolute Gasteiger partial charge is 0.489 e. The highest BCUT2D eigenvalue weighted by Gasteiger charge is 2.15. The molecule has 2 aromatic rings. The van der Waals surface area contributed by atoms with Crippen LogP contribution in [0.4, 0.5) is 11.4 Å². The molecule has 2 aromatic carbocycles. The Morgan fingerprint density at radius 2 is 1.74 bits per heavy atom. The Bertz CT molecular complexity index is 752. The molecule has 0 radical (unpaired) electrons. The van der Waals surface area contributed by atoms with E-state index in [4.69, 9.17) is 16.3 Å². The van der Waals surface area contributed by atoms with Gasteiger partial charge >= 0.3 is 0 Å². The minimum Gasteiger partial charge on any atom is -0.489 e.